The summed E-state index contributed by atoms with van der Waals surface area (Å²) in [5.41, 5.74) is -0.0500. The molecule has 0 saturated carbocycles. The van der Waals surface area contributed by atoms with Gasteiger partial charge in [-0.1, -0.05) is 12.1 Å². The molecule has 2 rings (SSSR count). The van der Waals surface area contributed by atoms with Crippen LogP contribution in [0.15, 0.2) is 36.4 Å². The highest BCUT2D eigenvalue weighted by atomic mass is 19.4. The van der Waals surface area contributed by atoms with Gasteiger partial charge in [0.05, 0.1) is 6.10 Å². The van der Waals surface area contributed by atoms with Crippen molar-refractivity contribution in [2.45, 2.75) is 32.7 Å². The molecule has 0 amide bonds. The maximum absolute atomic E-state index is 12.4. The average Bonchev–Trinajstić information content (AvgIpc) is 2.45. The highest BCUT2D eigenvalue weighted by Crippen LogP contribution is 2.27. The van der Waals surface area contributed by atoms with Gasteiger partial charge in [0.1, 0.15) is 11.6 Å². The van der Waals surface area contributed by atoms with Gasteiger partial charge in [0.25, 0.3) is 0 Å². The first-order chi connectivity index (χ1) is 10.3. The Morgan fingerprint density at radius 3 is 2.23 bits per heavy atom. The molecule has 0 radical (unpaired) electrons. The molecule has 0 aliphatic heterocycles. The van der Waals surface area contributed by atoms with E-state index in [1.165, 1.54) is 6.07 Å². The van der Waals surface area contributed by atoms with Gasteiger partial charge >= 0.3 is 6.18 Å². The van der Waals surface area contributed by atoms with Crippen molar-refractivity contribution in [1.29, 1.82) is 0 Å². The molecule has 0 fully saturated rings. The third-order valence-electron chi connectivity index (χ3n) is 2.72. The standard InChI is InChI=1S/C15H16F3N3O/c1-10(2)22-12-5-3-11(4-6-12)9-19-14-8-7-13(20-21-14)15(16,17)18/h3-8,10H,9H2,1-2H3,(H,19,21). The van der Waals surface area contributed by atoms with Crippen molar-refractivity contribution >= 4 is 5.82 Å². The molecule has 0 aliphatic carbocycles. The summed E-state index contributed by atoms with van der Waals surface area (Å²) in [5.74, 6) is 1.06. The van der Waals surface area contributed by atoms with Crippen LogP contribution in [0, 0.1) is 0 Å². The van der Waals surface area contributed by atoms with Crippen LogP contribution in [0.4, 0.5) is 19.0 Å². The minimum absolute atomic E-state index is 0.103. The van der Waals surface area contributed by atoms with Crippen molar-refractivity contribution in [3.8, 4) is 5.75 Å². The molecule has 0 saturated heterocycles. The molecule has 1 N–H and O–H groups in total. The molecule has 118 valence electrons. The van der Waals surface area contributed by atoms with Gasteiger partial charge in [0.15, 0.2) is 5.69 Å². The van der Waals surface area contributed by atoms with Crippen LogP contribution in [0.5, 0.6) is 5.75 Å². The zero-order chi connectivity index (χ0) is 16.2. The quantitative estimate of drug-likeness (QED) is 0.910. The number of benzene rings is 1. The lowest BCUT2D eigenvalue weighted by atomic mass is 10.2. The van der Waals surface area contributed by atoms with Crippen molar-refractivity contribution in [2.24, 2.45) is 0 Å². The highest BCUT2D eigenvalue weighted by molar-refractivity contribution is 5.36. The van der Waals surface area contributed by atoms with Gasteiger partial charge in [-0.3, -0.25) is 0 Å². The molecule has 22 heavy (non-hydrogen) atoms. The van der Waals surface area contributed by atoms with Gasteiger partial charge < -0.3 is 10.1 Å². The summed E-state index contributed by atoms with van der Waals surface area (Å²) in [6.45, 7) is 4.32. The predicted molar refractivity (Wildman–Crippen MR) is 76.6 cm³/mol. The lowest BCUT2D eigenvalue weighted by Gasteiger charge is -2.11. The Kier molecular flexibility index (Phi) is 4.85. The molecule has 1 heterocycles. The Balaban J connectivity index is 1.92. The number of hydrogen-bond donors (Lipinski definition) is 1. The Morgan fingerprint density at radius 2 is 1.73 bits per heavy atom. The van der Waals surface area contributed by atoms with Crippen LogP contribution >= 0.6 is 0 Å². The molecule has 0 bridgehead atoms. The van der Waals surface area contributed by atoms with Crippen LogP contribution in [0.2, 0.25) is 0 Å². The topological polar surface area (TPSA) is 47.0 Å². The zero-order valence-corrected chi connectivity index (χ0v) is 12.2. The number of hydrogen-bond acceptors (Lipinski definition) is 4. The van der Waals surface area contributed by atoms with Crippen molar-refractivity contribution in [3.05, 3.63) is 47.7 Å². The maximum Gasteiger partial charge on any atom is 0.435 e. The van der Waals surface area contributed by atoms with Gasteiger partial charge in [0.2, 0.25) is 0 Å². The molecule has 7 heteroatoms. The highest BCUT2D eigenvalue weighted by Gasteiger charge is 2.32. The number of ether oxygens (including phenoxy) is 1. The van der Waals surface area contributed by atoms with E-state index in [0.29, 0.717) is 6.54 Å². The second kappa shape index (κ2) is 6.64. The fourth-order valence-corrected chi connectivity index (χ4v) is 1.73. The third kappa shape index (κ3) is 4.61. The number of anilines is 1. The zero-order valence-electron chi connectivity index (χ0n) is 12.2. The van der Waals surface area contributed by atoms with Gasteiger partial charge in [0, 0.05) is 6.54 Å². The van der Waals surface area contributed by atoms with Gasteiger partial charge in [-0.2, -0.15) is 13.2 Å². The molecule has 1 aromatic carbocycles. The maximum atomic E-state index is 12.4. The molecular weight excluding hydrogens is 295 g/mol. The third-order valence-corrected chi connectivity index (χ3v) is 2.72. The van der Waals surface area contributed by atoms with E-state index < -0.39 is 11.9 Å². The largest absolute Gasteiger partial charge is 0.491 e. The first kappa shape index (κ1) is 16.1. The molecule has 4 nitrogen and oxygen atoms in total. The van der Waals surface area contributed by atoms with E-state index in [1.807, 2.05) is 38.1 Å². The average molecular weight is 311 g/mol. The van der Waals surface area contributed by atoms with Gasteiger partial charge in [-0.05, 0) is 43.7 Å². The Hall–Kier alpha value is -2.31. The van der Waals surface area contributed by atoms with E-state index >= 15 is 0 Å². The normalized spacial score (nSPS) is 11.5. The van der Waals surface area contributed by atoms with E-state index in [9.17, 15) is 13.2 Å². The van der Waals surface area contributed by atoms with Crippen molar-refractivity contribution in [3.63, 3.8) is 0 Å². The fourth-order valence-electron chi connectivity index (χ4n) is 1.73. The molecule has 2 aromatic rings. The Labute approximate surface area is 126 Å². The summed E-state index contributed by atoms with van der Waals surface area (Å²) in [4.78, 5) is 0. The van der Waals surface area contributed by atoms with Crippen LogP contribution in [-0.2, 0) is 12.7 Å². The number of aromatic nitrogens is 2. The molecular formula is C15H16F3N3O. The smallest absolute Gasteiger partial charge is 0.435 e. The predicted octanol–water partition coefficient (Wildman–Crippen LogP) is 3.89. The van der Waals surface area contributed by atoms with Crippen LogP contribution in [0.25, 0.3) is 0 Å². The Morgan fingerprint density at radius 1 is 1.05 bits per heavy atom. The molecule has 1 aromatic heterocycles. The second-order valence-electron chi connectivity index (χ2n) is 4.97. The number of halogens is 3. The summed E-state index contributed by atoms with van der Waals surface area (Å²) in [6.07, 6.45) is -4.37. The first-order valence-electron chi connectivity index (χ1n) is 6.75. The van der Waals surface area contributed by atoms with Crippen molar-refractivity contribution in [1.82, 2.24) is 10.2 Å². The van der Waals surface area contributed by atoms with Crippen LogP contribution in [-0.4, -0.2) is 16.3 Å². The molecule has 0 spiro atoms. The lowest BCUT2D eigenvalue weighted by Crippen LogP contribution is -2.10. The lowest BCUT2D eigenvalue weighted by molar-refractivity contribution is -0.141. The Bertz CT molecular complexity index is 595. The minimum Gasteiger partial charge on any atom is -0.491 e. The molecule has 0 aliphatic rings. The summed E-state index contributed by atoms with van der Waals surface area (Å²) >= 11 is 0. The SMILES string of the molecule is CC(C)Oc1ccc(CNc2ccc(C(F)(F)F)nn2)cc1. The summed E-state index contributed by atoms with van der Waals surface area (Å²) in [7, 11) is 0. The number of nitrogens with zero attached hydrogens (tertiary/aromatic N) is 2. The van der Waals surface area contributed by atoms with Crippen molar-refractivity contribution < 1.29 is 17.9 Å². The second-order valence-corrected chi connectivity index (χ2v) is 4.97. The first-order valence-corrected chi connectivity index (χ1v) is 6.75. The monoisotopic (exact) mass is 311 g/mol. The van der Waals surface area contributed by atoms with E-state index in [1.54, 1.807) is 0 Å². The van der Waals surface area contributed by atoms with E-state index in [-0.39, 0.29) is 11.9 Å². The van der Waals surface area contributed by atoms with E-state index in [0.717, 1.165) is 17.4 Å². The van der Waals surface area contributed by atoms with Gasteiger partial charge in [-0.15, -0.1) is 10.2 Å². The fraction of sp³-hybridized carbons (Fsp3) is 0.333. The van der Waals surface area contributed by atoms with E-state index in [4.69, 9.17) is 4.74 Å². The number of rotatable bonds is 5. The van der Waals surface area contributed by atoms with Crippen LogP contribution in [0.3, 0.4) is 0 Å². The van der Waals surface area contributed by atoms with Gasteiger partial charge in [-0.25, -0.2) is 0 Å². The number of nitrogens with one attached hydrogen (secondary N) is 1. The van der Waals surface area contributed by atoms with Crippen LogP contribution in [0.1, 0.15) is 25.1 Å². The summed E-state index contributed by atoms with van der Waals surface area (Å²) in [6, 6.07) is 9.59. The summed E-state index contributed by atoms with van der Waals surface area (Å²) in [5, 5.41) is 9.58. The van der Waals surface area contributed by atoms with Crippen LogP contribution < -0.4 is 10.1 Å². The number of alkyl halides is 3. The summed E-state index contributed by atoms with van der Waals surface area (Å²) < 4.78 is 42.6. The molecule has 0 atom stereocenters. The minimum atomic E-state index is -4.47. The molecule has 0 unspecified atom stereocenters. The van der Waals surface area contributed by atoms with E-state index in [2.05, 4.69) is 15.5 Å². The van der Waals surface area contributed by atoms with Crippen molar-refractivity contribution in [2.75, 3.05) is 5.32 Å².